The maximum absolute atomic E-state index is 11.6. The van der Waals surface area contributed by atoms with Crippen molar-refractivity contribution in [2.24, 2.45) is 0 Å². The average Bonchev–Trinajstić information content (AvgIpc) is 2.31. The van der Waals surface area contributed by atoms with E-state index in [0.717, 1.165) is 16.9 Å². The van der Waals surface area contributed by atoms with Crippen LogP contribution in [0.15, 0.2) is 12.1 Å². The lowest BCUT2D eigenvalue weighted by Crippen LogP contribution is -2.47. The predicted octanol–water partition coefficient (Wildman–Crippen LogP) is 3.09. The molecule has 0 bridgehead atoms. The summed E-state index contributed by atoms with van der Waals surface area (Å²) in [6.45, 7) is 12.9. The number of benzene rings is 1. The van der Waals surface area contributed by atoms with Gasteiger partial charge >= 0.3 is 6.03 Å². The second kappa shape index (κ2) is 6.64. The number of amides is 2. The first-order valence-corrected chi connectivity index (χ1v) is 6.96. The molecule has 0 aliphatic heterocycles. The highest BCUT2D eigenvalue weighted by atomic mass is 16.5. The molecule has 4 heteroatoms. The lowest BCUT2D eigenvalue weighted by molar-refractivity contribution is 0.228. The summed E-state index contributed by atoms with van der Waals surface area (Å²) in [4.78, 5) is 11.6. The Bertz CT molecular complexity index is 476. The van der Waals surface area contributed by atoms with E-state index in [2.05, 4.69) is 36.6 Å². The highest BCUT2D eigenvalue weighted by Crippen LogP contribution is 2.25. The van der Waals surface area contributed by atoms with Crippen molar-refractivity contribution in [2.45, 2.75) is 47.1 Å². The molecule has 0 heterocycles. The summed E-state index contributed by atoms with van der Waals surface area (Å²) in [5, 5.41) is 5.63. The van der Waals surface area contributed by atoms with Crippen molar-refractivity contribution in [3.63, 3.8) is 0 Å². The zero-order chi connectivity index (χ0) is 15.3. The third-order valence-corrected chi connectivity index (χ3v) is 3.00. The fraction of sp³-hybridized carbons (Fsp3) is 0.562. The van der Waals surface area contributed by atoms with E-state index in [1.54, 1.807) is 0 Å². The highest BCUT2D eigenvalue weighted by molar-refractivity contribution is 5.74. The predicted molar refractivity (Wildman–Crippen MR) is 82.4 cm³/mol. The van der Waals surface area contributed by atoms with Crippen LogP contribution in [0.2, 0.25) is 0 Å². The molecule has 0 spiro atoms. The van der Waals surface area contributed by atoms with Crippen molar-refractivity contribution in [1.82, 2.24) is 10.6 Å². The number of urea groups is 1. The largest absolute Gasteiger partial charge is 0.491 e. The number of nitrogens with one attached hydrogen (secondary N) is 2. The summed E-state index contributed by atoms with van der Waals surface area (Å²) >= 11 is 0. The number of carbonyl (C=O) groups excluding carboxylic acids is 1. The number of aryl methyl sites for hydroxylation is 2. The molecule has 0 aliphatic carbocycles. The quantitative estimate of drug-likeness (QED) is 0.832. The smallest absolute Gasteiger partial charge is 0.315 e. The van der Waals surface area contributed by atoms with Crippen molar-refractivity contribution in [2.75, 3.05) is 13.2 Å². The van der Waals surface area contributed by atoms with E-state index in [9.17, 15) is 4.79 Å². The lowest BCUT2D eigenvalue weighted by atomic mass is 10.1. The molecule has 2 N–H and O–H groups in total. The molecule has 1 aromatic carbocycles. The molecule has 2 amide bonds. The van der Waals surface area contributed by atoms with Crippen molar-refractivity contribution >= 4 is 6.03 Å². The van der Waals surface area contributed by atoms with Crippen LogP contribution < -0.4 is 15.4 Å². The molecule has 0 aromatic heterocycles. The summed E-state index contributed by atoms with van der Waals surface area (Å²) < 4.78 is 5.79. The number of carbonyl (C=O) groups is 1. The minimum atomic E-state index is -0.228. The zero-order valence-electron chi connectivity index (χ0n) is 13.4. The zero-order valence-corrected chi connectivity index (χ0v) is 13.4. The summed E-state index contributed by atoms with van der Waals surface area (Å²) in [6.07, 6.45) is 0. The van der Waals surface area contributed by atoms with E-state index in [1.165, 1.54) is 5.56 Å². The van der Waals surface area contributed by atoms with Crippen molar-refractivity contribution < 1.29 is 9.53 Å². The van der Waals surface area contributed by atoms with Crippen LogP contribution in [-0.4, -0.2) is 24.7 Å². The Kier molecular flexibility index (Phi) is 5.43. The first-order chi connectivity index (χ1) is 9.20. The standard InChI is InChI=1S/C16H26N2O2/c1-11-7-8-12(2)14(13(11)3)20-10-9-17-15(19)18-16(4,5)6/h7-8H,9-10H2,1-6H3,(H2,17,18,19). The van der Waals surface area contributed by atoms with Crippen molar-refractivity contribution in [3.05, 3.63) is 28.8 Å². The van der Waals surface area contributed by atoms with E-state index < -0.39 is 0 Å². The Morgan fingerprint density at radius 3 is 2.35 bits per heavy atom. The van der Waals surface area contributed by atoms with Gasteiger partial charge in [0.2, 0.25) is 0 Å². The van der Waals surface area contributed by atoms with Crippen LogP contribution in [0.3, 0.4) is 0 Å². The molecule has 0 saturated carbocycles. The van der Waals surface area contributed by atoms with Gasteiger partial charge in [-0.2, -0.15) is 0 Å². The molecular weight excluding hydrogens is 252 g/mol. The molecule has 0 saturated heterocycles. The van der Waals surface area contributed by atoms with E-state index in [4.69, 9.17) is 4.74 Å². The topological polar surface area (TPSA) is 50.4 Å². The van der Waals surface area contributed by atoms with Gasteiger partial charge in [0.15, 0.2) is 0 Å². The van der Waals surface area contributed by atoms with Crippen LogP contribution >= 0.6 is 0 Å². The van der Waals surface area contributed by atoms with Gasteiger partial charge in [0.05, 0.1) is 6.54 Å². The third-order valence-electron chi connectivity index (χ3n) is 3.00. The second-order valence-corrected chi connectivity index (χ2v) is 6.13. The van der Waals surface area contributed by atoms with Gasteiger partial charge in [-0.3, -0.25) is 0 Å². The van der Waals surface area contributed by atoms with Crippen LogP contribution in [0.25, 0.3) is 0 Å². The number of hydrogen-bond donors (Lipinski definition) is 2. The summed E-state index contributed by atoms with van der Waals surface area (Å²) in [5.41, 5.74) is 3.26. The van der Waals surface area contributed by atoms with Gasteiger partial charge in [0.25, 0.3) is 0 Å². The van der Waals surface area contributed by atoms with Crippen LogP contribution in [0.5, 0.6) is 5.75 Å². The van der Waals surface area contributed by atoms with E-state index in [-0.39, 0.29) is 11.6 Å². The van der Waals surface area contributed by atoms with Crippen LogP contribution in [0.4, 0.5) is 4.79 Å². The lowest BCUT2D eigenvalue weighted by Gasteiger charge is -2.21. The highest BCUT2D eigenvalue weighted by Gasteiger charge is 2.13. The Morgan fingerprint density at radius 1 is 1.15 bits per heavy atom. The minimum absolute atomic E-state index is 0.168. The maximum Gasteiger partial charge on any atom is 0.315 e. The van der Waals surface area contributed by atoms with Gasteiger partial charge in [-0.25, -0.2) is 4.79 Å². The van der Waals surface area contributed by atoms with Gasteiger partial charge < -0.3 is 15.4 Å². The van der Waals surface area contributed by atoms with Crippen LogP contribution in [0.1, 0.15) is 37.5 Å². The number of hydrogen-bond acceptors (Lipinski definition) is 2. The normalized spacial score (nSPS) is 11.1. The Labute approximate surface area is 121 Å². The van der Waals surface area contributed by atoms with Gasteiger partial charge in [-0.05, 0) is 58.2 Å². The molecule has 4 nitrogen and oxygen atoms in total. The first kappa shape index (κ1) is 16.3. The van der Waals surface area contributed by atoms with Crippen LogP contribution in [-0.2, 0) is 0 Å². The molecule has 1 aromatic rings. The Hall–Kier alpha value is -1.71. The molecule has 0 unspecified atom stereocenters. The maximum atomic E-state index is 11.6. The molecular formula is C16H26N2O2. The van der Waals surface area contributed by atoms with Gasteiger partial charge in [0.1, 0.15) is 12.4 Å². The Morgan fingerprint density at radius 2 is 1.75 bits per heavy atom. The van der Waals surface area contributed by atoms with Gasteiger partial charge in [0, 0.05) is 5.54 Å². The number of rotatable bonds is 4. The molecule has 112 valence electrons. The van der Waals surface area contributed by atoms with Gasteiger partial charge in [-0.1, -0.05) is 12.1 Å². The first-order valence-electron chi connectivity index (χ1n) is 6.96. The molecule has 0 radical (unpaired) electrons. The van der Waals surface area contributed by atoms with E-state index >= 15 is 0 Å². The fourth-order valence-electron chi connectivity index (χ4n) is 1.85. The number of ether oxygens (including phenoxy) is 1. The molecule has 20 heavy (non-hydrogen) atoms. The monoisotopic (exact) mass is 278 g/mol. The van der Waals surface area contributed by atoms with Crippen LogP contribution in [0, 0.1) is 20.8 Å². The molecule has 0 fully saturated rings. The SMILES string of the molecule is Cc1ccc(C)c(OCCNC(=O)NC(C)(C)C)c1C. The third kappa shape index (κ3) is 5.11. The van der Waals surface area contributed by atoms with E-state index in [0.29, 0.717) is 13.2 Å². The second-order valence-electron chi connectivity index (χ2n) is 6.13. The average molecular weight is 278 g/mol. The molecule has 1 rings (SSSR count). The van der Waals surface area contributed by atoms with Gasteiger partial charge in [-0.15, -0.1) is 0 Å². The van der Waals surface area contributed by atoms with Crippen molar-refractivity contribution in [3.8, 4) is 5.75 Å². The van der Waals surface area contributed by atoms with Crippen molar-refractivity contribution in [1.29, 1.82) is 0 Å². The molecule has 0 aliphatic rings. The summed E-state index contributed by atoms with van der Waals surface area (Å²) in [5.74, 6) is 0.919. The summed E-state index contributed by atoms with van der Waals surface area (Å²) in [6, 6.07) is 3.98. The Balaban J connectivity index is 2.43. The fourth-order valence-corrected chi connectivity index (χ4v) is 1.85. The summed E-state index contributed by atoms with van der Waals surface area (Å²) in [7, 11) is 0. The molecule has 0 atom stereocenters. The minimum Gasteiger partial charge on any atom is -0.491 e. The van der Waals surface area contributed by atoms with E-state index in [1.807, 2.05) is 27.7 Å².